The van der Waals surface area contributed by atoms with E-state index in [-0.39, 0.29) is 17.8 Å². The van der Waals surface area contributed by atoms with Gasteiger partial charge in [-0.2, -0.15) is 0 Å². The lowest BCUT2D eigenvalue weighted by Crippen LogP contribution is -2.47. The van der Waals surface area contributed by atoms with Crippen LogP contribution in [-0.4, -0.2) is 46.5 Å². The zero-order valence-corrected chi connectivity index (χ0v) is 15.5. The molecule has 27 heavy (non-hydrogen) atoms. The predicted octanol–water partition coefficient (Wildman–Crippen LogP) is 2.71. The molecule has 7 heteroatoms. The van der Waals surface area contributed by atoms with Crippen LogP contribution >= 0.6 is 0 Å². The van der Waals surface area contributed by atoms with Crippen LogP contribution in [0.1, 0.15) is 38.1 Å². The summed E-state index contributed by atoms with van der Waals surface area (Å²) in [5.41, 5.74) is 0.393. The molecule has 3 heterocycles. The second-order valence-electron chi connectivity index (χ2n) is 7.17. The number of hydrogen-bond acceptors (Lipinski definition) is 5. The number of carbonyl (C=O) groups excluding carboxylic acids is 1. The number of carbonyl (C=O) groups is 1. The minimum atomic E-state index is -0.501. The van der Waals surface area contributed by atoms with E-state index in [0.29, 0.717) is 29.4 Å². The van der Waals surface area contributed by atoms with Gasteiger partial charge in [0, 0.05) is 25.4 Å². The number of amides is 1. The molecule has 2 aliphatic heterocycles. The molecule has 0 unspecified atom stereocenters. The lowest BCUT2D eigenvalue weighted by Gasteiger charge is -2.23. The summed E-state index contributed by atoms with van der Waals surface area (Å²) in [6, 6.07) is 6.23. The van der Waals surface area contributed by atoms with Crippen molar-refractivity contribution in [2.75, 3.05) is 20.2 Å². The van der Waals surface area contributed by atoms with Crippen LogP contribution in [-0.2, 0) is 4.79 Å². The third-order valence-electron chi connectivity index (χ3n) is 5.45. The molecule has 1 aromatic carbocycles. The molecule has 0 aliphatic carbocycles. The number of aromatic nitrogens is 2. The van der Waals surface area contributed by atoms with Crippen molar-refractivity contribution in [1.82, 2.24) is 20.2 Å². The predicted molar refractivity (Wildman–Crippen MR) is 98.7 cm³/mol. The van der Waals surface area contributed by atoms with Crippen LogP contribution in [0, 0.1) is 5.82 Å². The standard InChI is InChI=1S/C20H23FN4O2/c1-3-27-13-4-5-15(21)14(12-13)16-7-10-22-18(23-16)17-6-8-20(24-17)9-11-25(2)19(20)26/h4-5,7,10,12,17,24H,3,6,8-9,11H2,1-2H3/t17-,20-/m0/s1. The molecule has 142 valence electrons. The van der Waals surface area contributed by atoms with Crippen LogP contribution in [0.25, 0.3) is 11.3 Å². The van der Waals surface area contributed by atoms with Crippen LogP contribution in [0.2, 0.25) is 0 Å². The maximum atomic E-state index is 14.4. The van der Waals surface area contributed by atoms with E-state index < -0.39 is 5.54 Å². The normalized spacial score (nSPS) is 24.8. The highest BCUT2D eigenvalue weighted by atomic mass is 19.1. The Morgan fingerprint density at radius 1 is 1.37 bits per heavy atom. The van der Waals surface area contributed by atoms with Crippen molar-refractivity contribution in [3.05, 3.63) is 42.1 Å². The van der Waals surface area contributed by atoms with E-state index in [4.69, 9.17) is 4.74 Å². The summed E-state index contributed by atoms with van der Waals surface area (Å²) < 4.78 is 19.8. The van der Waals surface area contributed by atoms with Gasteiger partial charge in [-0.15, -0.1) is 0 Å². The third-order valence-corrected chi connectivity index (χ3v) is 5.45. The molecule has 0 radical (unpaired) electrons. The first-order valence-electron chi connectivity index (χ1n) is 9.31. The van der Waals surface area contributed by atoms with E-state index >= 15 is 0 Å². The summed E-state index contributed by atoms with van der Waals surface area (Å²) in [7, 11) is 1.83. The van der Waals surface area contributed by atoms with Crippen LogP contribution in [0.15, 0.2) is 30.5 Å². The molecule has 1 spiro atoms. The molecule has 2 atom stereocenters. The van der Waals surface area contributed by atoms with Gasteiger partial charge in [-0.25, -0.2) is 14.4 Å². The summed E-state index contributed by atoms with van der Waals surface area (Å²) in [4.78, 5) is 23.2. The molecule has 1 amide bonds. The molecule has 4 rings (SSSR count). The Balaban J connectivity index is 1.61. The number of halogens is 1. The maximum Gasteiger partial charge on any atom is 0.242 e. The summed E-state index contributed by atoms with van der Waals surface area (Å²) in [6.45, 7) is 3.15. The molecule has 0 saturated carbocycles. The van der Waals surface area contributed by atoms with E-state index in [1.165, 1.54) is 6.07 Å². The van der Waals surface area contributed by atoms with E-state index in [1.807, 2.05) is 14.0 Å². The Kier molecular flexibility index (Phi) is 4.55. The molecular weight excluding hydrogens is 347 g/mol. The molecule has 2 saturated heterocycles. The molecule has 0 bridgehead atoms. The highest BCUT2D eigenvalue weighted by Crippen LogP contribution is 2.38. The fourth-order valence-corrected chi connectivity index (χ4v) is 4.01. The van der Waals surface area contributed by atoms with Gasteiger partial charge in [-0.05, 0) is 50.5 Å². The first-order valence-corrected chi connectivity index (χ1v) is 9.31. The van der Waals surface area contributed by atoms with Gasteiger partial charge in [-0.1, -0.05) is 0 Å². The monoisotopic (exact) mass is 370 g/mol. The van der Waals surface area contributed by atoms with Crippen LogP contribution in [0.4, 0.5) is 4.39 Å². The van der Waals surface area contributed by atoms with Crippen molar-refractivity contribution >= 4 is 5.91 Å². The fourth-order valence-electron chi connectivity index (χ4n) is 4.01. The number of benzene rings is 1. The maximum absolute atomic E-state index is 14.4. The lowest BCUT2D eigenvalue weighted by atomic mass is 9.96. The second-order valence-corrected chi connectivity index (χ2v) is 7.17. The van der Waals surface area contributed by atoms with Gasteiger partial charge in [0.1, 0.15) is 22.9 Å². The minimum Gasteiger partial charge on any atom is -0.494 e. The Labute approximate surface area is 157 Å². The smallest absolute Gasteiger partial charge is 0.242 e. The lowest BCUT2D eigenvalue weighted by molar-refractivity contribution is -0.131. The quantitative estimate of drug-likeness (QED) is 0.896. The number of rotatable bonds is 4. The van der Waals surface area contributed by atoms with E-state index in [0.717, 1.165) is 25.8 Å². The molecule has 1 aromatic heterocycles. The summed E-state index contributed by atoms with van der Waals surface area (Å²) in [5.74, 6) is 0.975. The number of likely N-dealkylation sites (tertiary alicyclic amines) is 1. The summed E-state index contributed by atoms with van der Waals surface area (Å²) >= 11 is 0. The van der Waals surface area contributed by atoms with Crippen molar-refractivity contribution < 1.29 is 13.9 Å². The number of ether oxygens (including phenoxy) is 1. The zero-order valence-electron chi connectivity index (χ0n) is 15.5. The molecule has 6 nitrogen and oxygen atoms in total. The Bertz CT molecular complexity index is 875. The second kappa shape index (κ2) is 6.88. The summed E-state index contributed by atoms with van der Waals surface area (Å²) in [5, 5.41) is 3.45. The summed E-state index contributed by atoms with van der Waals surface area (Å²) in [6.07, 6.45) is 3.98. The van der Waals surface area contributed by atoms with E-state index in [2.05, 4.69) is 15.3 Å². The van der Waals surface area contributed by atoms with Gasteiger partial charge in [-0.3, -0.25) is 10.1 Å². The Hall–Kier alpha value is -2.54. The fraction of sp³-hybridized carbons (Fsp3) is 0.450. The minimum absolute atomic E-state index is 0.112. The van der Waals surface area contributed by atoms with Gasteiger partial charge in [0.25, 0.3) is 0 Å². The Morgan fingerprint density at radius 3 is 2.96 bits per heavy atom. The van der Waals surface area contributed by atoms with Crippen molar-refractivity contribution in [2.45, 2.75) is 37.8 Å². The average molecular weight is 370 g/mol. The topological polar surface area (TPSA) is 67.3 Å². The average Bonchev–Trinajstić information content (AvgIpc) is 3.24. The van der Waals surface area contributed by atoms with Gasteiger partial charge in [0.05, 0.1) is 18.3 Å². The molecule has 2 fully saturated rings. The van der Waals surface area contributed by atoms with Crippen molar-refractivity contribution in [3.8, 4) is 17.0 Å². The molecule has 2 aromatic rings. The first-order chi connectivity index (χ1) is 13.0. The Morgan fingerprint density at radius 2 is 2.22 bits per heavy atom. The first kappa shape index (κ1) is 17.9. The van der Waals surface area contributed by atoms with Crippen molar-refractivity contribution in [1.29, 1.82) is 0 Å². The van der Waals surface area contributed by atoms with Gasteiger partial charge in [0.2, 0.25) is 5.91 Å². The largest absolute Gasteiger partial charge is 0.494 e. The highest BCUT2D eigenvalue weighted by molar-refractivity contribution is 5.88. The van der Waals surface area contributed by atoms with Crippen LogP contribution in [0.5, 0.6) is 5.75 Å². The SMILES string of the molecule is CCOc1ccc(F)c(-c2ccnc([C@@H]3CC[C@@]4(CCN(C)C4=O)N3)n2)c1. The van der Waals surface area contributed by atoms with E-state index in [9.17, 15) is 9.18 Å². The molecule has 1 N–H and O–H groups in total. The number of likely N-dealkylation sites (N-methyl/N-ethyl adjacent to an activating group) is 1. The number of nitrogens with one attached hydrogen (secondary N) is 1. The van der Waals surface area contributed by atoms with Crippen LogP contribution < -0.4 is 10.1 Å². The zero-order chi connectivity index (χ0) is 19.0. The molecular formula is C20H23FN4O2. The number of hydrogen-bond donors (Lipinski definition) is 1. The highest BCUT2D eigenvalue weighted by Gasteiger charge is 2.50. The number of nitrogens with zero attached hydrogens (tertiary/aromatic N) is 3. The van der Waals surface area contributed by atoms with Gasteiger partial charge < -0.3 is 9.64 Å². The molecule has 2 aliphatic rings. The van der Waals surface area contributed by atoms with Crippen molar-refractivity contribution in [3.63, 3.8) is 0 Å². The van der Waals surface area contributed by atoms with Gasteiger partial charge >= 0.3 is 0 Å². The van der Waals surface area contributed by atoms with Crippen LogP contribution in [0.3, 0.4) is 0 Å². The third kappa shape index (κ3) is 3.16. The van der Waals surface area contributed by atoms with Gasteiger partial charge in [0.15, 0.2) is 0 Å². The van der Waals surface area contributed by atoms with Crippen molar-refractivity contribution in [2.24, 2.45) is 0 Å². The van der Waals surface area contributed by atoms with E-state index in [1.54, 1.807) is 29.3 Å².